The minimum atomic E-state index is -4.51. The molecule has 0 aliphatic carbocycles. The Bertz CT molecular complexity index is 1600. The topological polar surface area (TPSA) is 111 Å². The van der Waals surface area contributed by atoms with Crippen LogP contribution in [0.1, 0.15) is 28.8 Å². The van der Waals surface area contributed by atoms with E-state index in [4.69, 9.17) is 4.74 Å². The van der Waals surface area contributed by atoms with Gasteiger partial charge in [-0.2, -0.15) is 18.3 Å². The molecular formula is C29H31F3N8O2S. The highest BCUT2D eigenvalue weighted by molar-refractivity contribution is 7.99. The van der Waals surface area contributed by atoms with Crippen LogP contribution in [0.2, 0.25) is 0 Å². The number of likely N-dealkylation sites (N-methyl/N-ethyl adjacent to an activating group) is 1. The van der Waals surface area contributed by atoms with Crippen molar-refractivity contribution in [3.8, 4) is 0 Å². The maximum atomic E-state index is 13.7. The average Bonchev–Trinajstić information content (AvgIpc) is 3.39. The maximum Gasteiger partial charge on any atom is 0.417 e. The number of hydrogen-bond donors (Lipinski definition) is 3. The van der Waals surface area contributed by atoms with Crippen LogP contribution in [-0.4, -0.2) is 83.5 Å². The molecule has 2 aromatic heterocycles. The zero-order valence-corrected chi connectivity index (χ0v) is 24.3. The molecule has 43 heavy (non-hydrogen) atoms. The van der Waals surface area contributed by atoms with Gasteiger partial charge in [0.15, 0.2) is 17.0 Å². The van der Waals surface area contributed by atoms with Crippen LogP contribution in [0.25, 0.3) is 11.2 Å². The van der Waals surface area contributed by atoms with Crippen LogP contribution in [-0.2, 0) is 10.9 Å². The lowest BCUT2D eigenvalue weighted by Gasteiger charge is -2.34. The lowest BCUT2D eigenvalue weighted by molar-refractivity contribution is -0.139. The van der Waals surface area contributed by atoms with Crippen molar-refractivity contribution in [1.82, 2.24) is 25.1 Å². The average molecular weight is 613 g/mol. The molecule has 3 N–H and O–H groups in total. The SMILES string of the molecule is CN1CCN(c2ccc(C(=O)Nc3n[nH]c4ncc(Sc5ccccc5C(F)(F)F)nc34)c(NC3CCOCC3)c2)CC1. The first-order valence-electron chi connectivity index (χ1n) is 14.0. The summed E-state index contributed by atoms with van der Waals surface area (Å²) in [5, 5.41) is 13.6. The summed E-state index contributed by atoms with van der Waals surface area (Å²) in [7, 11) is 2.11. The van der Waals surface area contributed by atoms with Crippen molar-refractivity contribution in [3.05, 3.63) is 59.8 Å². The Balaban J connectivity index is 1.26. The Labute approximate surface area is 250 Å². The molecule has 4 aromatic rings. The van der Waals surface area contributed by atoms with Crippen LogP contribution < -0.4 is 15.5 Å². The number of nitrogens with zero attached hydrogens (tertiary/aromatic N) is 5. The molecule has 14 heteroatoms. The number of benzene rings is 2. The molecule has 2 aliphatic heterocycles. The van der Waals surface area contributed by atoms with Crippen LogP contribution in [0.5, 0.6) is 0 Å². The molecule has 0 atom stereocenters. The number of alkyl halides is 3. The smallest absolute Gasteiger partial charge is 0.381 e. The monoisotopic (exact) mass is 612 g/mol. The highest BCUT2D eigenvalue weighted by Crippen LogP contribution is 2.39. The first-order chi connectivity index (χ1) is 20.7. The number of carbonyl (C=O) groups is 1. The van der Waals surface area contributed by atoms with Crippen molar-refractivity contribution in [2.24, 2.45) is 0 Å². The Kier molecular flexibility index (Phi) is 8.41. The van der Waals surface area contributed by atoms with Gasteiger partial charge >= 0.3 is 6.18 Å². The lowest BCUT2D eigenvalue weighted by Crippen LogP contribution is -2.44. The van der Waals surface area contributed by atoms with Gasteiger partial charge in [-0.1, -0.05) is 23.9 Å². The van der Waals surface area contributed by atoms with E-state index in [2.05, 4.69) is 47.6 Å². The third kappa shape index (κ3) is 6.71. The van der Waals surface area contributed by atoms with Crippen molar-refractivity contribution in [3.63, 3.8) is 0 Å². The largest absolute Gasteiger partial charge is 0.417 e. The summed E-state index contributed by atoms with van der Waals surface area (Å²) >= 11 is 0.845. The molecule has 0 unspecified atom stereocenters. The Hall–Kier alpha value is -3.88. The minimum absolute atomic E-state index is 0.00185. The number of ether oxygens (including phenoxy) is 1. The number of piperazine rings is 1. The molecule has 2 saturated heterocycles. The first kappa shape index (κ1) is 29.2. The number of aromatic nitrogens is 4. The van der Waals surface area contributed by atoms with Crippen molar-refractivity contribution in [1.29, 1.82) is 0 Å². The Morgan fingerprint density at radius 3 is 2.63 bits per heavy atom. The van der Waals surface area contributed by atoms with Gasteiger partial charge in [0.1, 0.15) is 5.03 Å². The standard InChI is InChI=1S/C29H31F3N8O2S/c1-39-10-12-40(13-11-39)19-6-7-20(22(16-19)34-18-8-14-42-15-9-18)28(41)36-27-25-26(37-38-27)33-17-24(35-25)43-23-5-3-2-4-21(23)29(30,31)32/h2-7,16-18,34H,8-15H2,1H3,(H2,33,36,37,38,41). The second kappa shape index (κ2) is 12.4. The quantitative estimate of drug-likeness (QED) is 0.262. The van der Waals surface area contributed by atoms with Crippen molar-refractivity contribution < 1.29 is 22.7 Å². The Morgan fingerprint density at radius 1 is 1.09 bits per heavy atom. The molecule has 2 aromatic carbocycles. The van der Waals surface area contributed by atoms with Crippen LogP contribution in [0.4, 0.5) is 30.4 Å². The maximum absolute atomic E-state index is 13.7. The predicted octanol–water partition coefficient (Wildman–Crippen LogP) is 5.12. The zero-order chi connectivity index (χ0) is 30.0. The van der Waals surface area contributed by atoms with Gasteiger partial charge in [0.25, 0.3) is 5.91 Å². The number of aromatic amines is 1. The summed E-state index contributed by atoms with van der Waals surface area (Å²) < 4.78 is 46.1. The number of nitrogens with one attached hydrogen (secondary N) is 3. The molecule has 4 heterocycles. The van der Waals surface area contributed by atoms with Crippen LogP contribution in [0, 0.1) is 0 Å². The molecule has 226 valence electrons. The molecule has 0 bridgehead atoms. The van der Waals surface area contributed by atoms with Gasteiger partial charge < -0.3 is 25.2 Å². The number of hydrogen-bond acceptors (Lipinski definition) is 9. The number of amides is 1. The highest BCUT2D eigenvalue weighted by atomic mass is 32.2. The van der Waals surface area contributed by atoms with Gasteiger partial charge in [0, 0.05) is 61.7 Å². The number of carbonyl (C=O) groups excluding carboxylic acids is 1. The summed E-state index contributed by atoms with van der Waals surface area (Å²) in [6, 6.07) is 11.2. The van der Waals surface area contributed by atoms with E-state index in [9.17, 15) is 18.0 Å². The third-order valence-electron chi connectivity index (χ3n) is 7.58. The lowest BCUT2D eigenvalue weighted by atomic mass is 10.1. The van der Waals surface area contributed by atoms with E-state index in [0.717, 1.165) is 62.5 Å². The van der Waals surface area contributed by atoms with E-state index in [0.29, 0.717) is 30.1 Å². The molecule has 1 amide bonds. The van der Waals surface area contributed by atoms with E-state index in [1.165, 1.54) is 24.4 Å². The Morgan fingerprint density at radius 2 is 1.86 bits per heavy atom. The second-order valence-electron chi connectivity index (χ2n) is 10.6. The summed E-state index contributed by atoms with van der Waals surface area (Å²) in [5.41, 5.74) is 1.98. The van der Waals surface area contributed by atoms with Gasteiger partial charge in [0.05, 0.1) is 17.3 Å². The number of anilines is 3. The third-order valence-corrected chi connectivity index (χ3v) is 8.57. The number of rotatable bonds is 7. The molecule has 2 fully saturated rings. The summed E-state index contributed by atoms with van der Waals surface area (Å²) in [6.07, 6.45) is -1.47. The van der Waals surface area contributed by atoms with Gasteiger partial charge in [-0.25, -0.2) is 9.97 Å². The fourth-order valence-electron chi connectivity index (χ4n) is 5.17. The number of halogens is 3. The van der Waals surface area contributed by atoms with E-state index >= 15 is 0 Å². The fraction of sp³-hybridized carbons (Fsp3) is 0.379. The van der Waals surface area contributed by atoms with Crippen molar-refractivity contribution in [2.75, 3.05) is 62.0 Å². The number of H-pyrrole nitrogens is 1. The van der Waals surface area contributed by atoms with Crippen molar-refractivity contribution >= 4 is 46.0 Å². The fourth-order valence-corrected chi connectivity index (χ4v) is 6.08. The minimum Gasteiger partial charge on any atom is -0.381 e. The van der Waals surface area contributed by atoms with Gasteiger partial charge in [0.2, 0.25) is 0 Å². The van der Waals surface area contributed by atoms with Crippen LogP contribution in [0.15, 0.2) is 58.6 Å². The molecule has 0 saturated carbocycles. The van der Waals surface area contributed by atoms with E-state index < -0.39 is 17.6 Å². The van der Waals surface area contributed by atoms with E-state index in [1.54, 1.807) is 6.07 Å². The predicted molar refractivity (Wildman–Crippen MR) is 159 cm³/mol. The van der Waals surface area contributed by atoms with Crippen LogP contribution >= 0.6 is 11.8 Å². The number of fused-ring (bicyclic) bond motifs is 1. The molecule has 0 radical (unpaired) electrons. The second-order valence-corrected chi connectivity index (χ2v) is 11.6. The highest BCUT2D eigenvalue weighted by Gasteiger charge is 2.33. The van der Waals surface area contributed by atoms with E-state index in [-0.39, 0.29) is 27.3 Å². The van der Waals surface area contributed by atoms with Crippen molar-refractivity contribution in [2.45, 2.75) is 35.0 Å². The molecule has 0 spiro atoms. The first-order valence-corrected chi connectivity index (χ1v) is 14.8. The molecule has 2 aliphatic rings. The van der Waals surface area contributed by atoms with E-state index in [1.807, 2.05) is 12.1 Å². The van der Waals surface area contributed by atoms with Gasteiger partial charge in [-0.15, -0.1) is 0 Å². The molecule has 6 rings (SSSR count). The normalized spacial score (nSPS) is 16.9. The van der Waals surface area contributed by atoms with Gasteiger partial charge in [-0.05, 0) is 50.2 Å². The summed E-state index contributed by atoms with van der Waals surface area (Å²) in [4.78, 5) is 27.0. The molecular weight excluding hydrogens is 581 g/mol. The summed E-state index contributed by atoms with van der Waals surface area (Å²) in [5.74, 6) is -0.255. The molecule has 10 nitrogen and oxygen atoms in total. The summed E-state index contributed by atoms with van der Waals surface area (Å²) in [6.45, 7) is 5.02. The van der Waals surface area contributed by atoms with Gasteiger partial charge in [-0.3, -0.25) is 9.89 Å². The van der Waals surface area contributed by atoms with Crippen LogP contribution in [0.3, 0.4) is 0 Å². The zero-order valence-electron chi connectivity index (χ0n) is 23.4.